The molecule has 0 saturated heterocycles. The Labute approximate surface area is 241 Å². The lowest BCUT2D eigenvalue weighted by Gasteiger charge is -2.30. The highest BCUT2D eigenvalue weighted by Gasteiger charge is 2.28. The molecule has 7 heteroatoms. The molecule has 41 heavy (non-hydrogen) atoms. The normalized spacial score (nSPS) is 13.5. The highest BCUT2D eigenvalue weighted by Crippen LogP contribution is 2.34. The van der Waals surface area contributed by atoms with E-state index in [1.54, 1.807) is 24.0 Å². The molecule has 0 spiro atoms. The predicted octanol–water partition coefficient (Wildman–Crippen LogP) is 7.80. The van der Waals surface area contributed by atoms with Crippen LogP contribution in [0.1, 0.15) is 50.2 Å². The second-order valence-electron chi connectivity index (χ2n) is 10.5. The van der Waals surface area contributed by atoms with Crippen LogP contribution in [0.2, 0.25) is 0 Å². The zero-order chi connectivity index (χ0) is 29.4. The van der Waals surface area contributed by atoms with Gasteiger partial charge in [-0.1, -0.05) is 49.6 Å². The van der Waals surface area contributed by atoms with E-state index in [0.29, 0.717) is 11.4 Å². The van der Waals surface area contributed by atoms with Gasteiger partial charge >= 0.3 is 5.97 Å². The third-order valence-corrected chi connectivity index (χ3v) is 7.42. The first-order chi connectivity index (χ1) is 19.8. The number of hydrogen-bond donors (Lipinski definition) is 0. The molecular weight excluding hydrogens is 517 g/mol. The average Bonchev–Trinajstić information content (AvgIpc) is 2.99. The van der Waals surface area contributed by atoms with Gasteiger partial charge in [-0.2, -0.15) is 0 Å². The molecule has 3 aromatic carbocycles. The third kappa shape index (κ3) is 7.40. The largest absolute Gasteiger partial charge is 0.463 e. The van der Waals surface area contributed by atoms with Crippen molar-refractivity contribution in [2.24, 2.45) is 5.92 Å². The summed E-state index contributed by atoms with van der Waals surface area (Å²) in [7, 11) is 3.96. The van der Waals surface area contributed by atoms with Gasteiger partial charge in [0, 0.05) is 49.6 Å². The first-order valence-electron chi connectivity index (χ1n) is 14.0. The summed E-state index contributed by atoms with van der Waals surface area (Å²) in [4.78, 5) is 33.2. The van der Waals surface area contributed by atoms with Crippen LogP contribution in [-0.4, -0.2) is 32.6 Å². The van der Waals surface area contributed by atoms with E-state index < -0.39 is 11.8 Å². The molecule has 212 valence electrons. The molecule has 0 aliphatic heterocycles. The average molecular weight is 554 g/mol. The minimum absolute atomic E-state index is 0.00987. The number of hydrogen-bond acceptors (Lipinski definition) is 4. The van der Waals surface area contributed by atoms with Crippen LogP contribution < -0.4 is 9.80 Å². The number of amides is 1. The summed E-state index contributed by atoms with van der Waals surface area (Å²) in [6, 6.07) is 18.2. The highest BCUT2D eigenvalue weighted by molar-refractivity contribution is 5.96. The number of halogens is 1. The van der Waals surface area contributed by atoms with Crippen molar-refractivity contribution in [3.8, 4) is 11.1 Å². The Bertz CT molecular complexity index is 1450. The molecule has 0 N–H and O–H groups in total. The van der Waals surface area contributed by atoms with Gasteiger partial charge in [-0.15, -0.1) is 0 Å². The van der Waals surface area contributed by atoms with Crippen molar-refractivity contribution in [1.82, 2.24) is 0 Å². The van der Waals surface area contributed by atoms with Crippen LogP contribution in [0.15, 0.2) is 66.7 Å². The minimum Gasteiger partial charge on any atom is -0.463 e. The number of benzene rings is 3. The summed E-state index contributed by atoms with van der Waals surface area (Å²) in [5.41, 5.74) is 4.88. The smallest absolute Gasteiger partial charge is 0.330 e. The lowest BCUT2D eigenvalue weighted by atomic mass is 9.88. The fraction of sp³-hybridized carbons (Fsp3) is 0.324. The van der Waals surface area contributed by atoms with Crippen LogP contribution in [0, 0.1) is 18.3 Å². The lowest BCUT2D eigenvalue weighted by molar-refractivity contribution is -0.137. The van der Waals surface area contributed by atoms with Crippen LogP contribution in [0.3, 0.4) is 0 Å². The standard InChI is InChI=1S/C34H36FN3O3/c1-5-41-33(39)20-14-27-22-29(17-19-31(27)35)38(34(40)26-9-7-6-8-10-26)23-24-11-18-30(32(21-24)36-2)25-12-15-28(16-13-25)37(3)4/h11-22,26H,5-10,23H2,1,3-4H3/b20-14+. The second kappa shape index (κ2) is 13.8. The van der Waals surface area contributed by atoms with Gasteiger partial charge in [0.2, 0.25) is 5.91 Å². The van der Waals surface area contributed by atoms with E-state index in [0.717, 1.165) is 54.5 Å². The van der Waals surface area contributed by atoms with Gasteiger partial charge in [0.1, 0.15) is 5.82 Å². The van der Waals surface area contributed by atoms with Gasteiger partial charge in [-0.25, -0.2) is 14.0 Å². The number of ether oxygens (including phenoxy) is 1. The molecule has 4 rings (SSSR count). The molecule has 1 fully saturated rings. The maximum Gasteiger partial charge on any atom is 0.330 e. The number of carbonyl (C=O) groups excluding carboxylic acids is 2. The Hall–Kier alpha value is -4.44. The lowest BCUT2D eigenvalue weighted by Crippen LogP contribution is -2.36. The number of rotatable bonds is 9. The van der Waals surface area contributed by atoms with E-state index in [-0.39, 0.29) is 30.5 Å². The Morgan fingerprint density at radius 2 is 1.71 bits per heavy atom. The van der Waals surface area contributed by atoms with E-state index in [1.165, 1.54) is 18.2 Å². The van der Waals surface area contributed by atoms with E-state index in [2.05, 4.69) is 4.85 Å². The summed E-state index contributed by atoms with van der Waals surface area (Å²) in [5, 5.41) is 0. The second-order valence-corrected chi connectivity index (χ2v) is 10.5. The topological polar surface area (TPSA) is 54.2 Å². The van der Waals surface area contributed by atoms with Crippen molar-refractivity contribution in [2.45, 2.75) is 45.6 Å². The summed E-state index contributed by atoms with van der Waals surface area (Å²) in [6.45, 7) is 10.0. The highest BCUT2D eigenvalue weighted by atomic mass is 19.1. The first-order valence-corrected chi connectivity index (χ1v) is 14.0. The van der Waals surface area contributed by atoms with Gasteiger partial charge < -0.3 is 14.5 Å². The summed E-state index contributed by atoms with van der Waals surface area (Å²) in [6.07, 6.45) is 7.32. The molecule has 0 atom stereocenters. The Balaban J connectivity index is 1.68. The number of anilines is 2. The molecule has 3 aromatic rings. The molecule has 0 bridgehead atoms. The number of nitrogens with zero attached hydrogens (tertiary/aromatic N) is 3. The third-order valence-electron chi connectivity index (χ3n) is 7.42. The summed E-state index contributed by atoms with van der Waals surface area (Å²) in [5.74, 6) is -1.18. The van der Waals surface area contributed by atoms with Crippen molar-refractivity contribution >= 4 is 35.0 Å². The van der Waals surface area contributed by atoms with Crippen molar-refractivity contribution in [3.63, 3.8) is 0 Å². The Morgan fingerprint density at radius 3 is 2.37 bits per heavy atom. The van der Waals surface area contributed by atoms with Crippen molar-refractivity contribution in [3.05, 3.63) is 95.1 Å². The fourth-order valence-electron chi connectivity index (χ4n) is 5.18. The van der Waals surface area contributed by atoms with Crippen molar-refractivity contribution in [1.29, 1.82) is 0 Å². The molecule has 0 radical (unpaired) electrons. The van der Waals surface area contributed by atoms with Crippen LogP contribution >= 0.6 is 0 Å². The molecular formula is C34H36FN3O3. The Morgan fingerprint density at radius 1 is 1.00 bits per heavy atom. The van der Waals surface area contributed by atoms with Crippen LogP contribution in [0.5, 0.6) is 0 Å². The predicted molar refractivity (Wildman–Crippen MR) is 162 cm³/mol. The maximum absolute atomic E-state index is 14.7. The van der Waals surface area contributed by atoms with E-state index >= 15 is 0 Å². The van der Waals surface area contributed by atoms with Crippen molar-refractivity contribution in [2.75, 3.05) is 30.5 Å². The van der Waals surface area contributed by atoms with Crippen LogP contribution in [-0.2, 0) is 20.9 Å². The van der Waals surface area contributed by atoms with Gasteiger partial charge in [-0.05, 0) is 72.9 Å². The molecule has 6 nitrogen and oxygen atoms in total. The molecule has 0 aromatic heterocycles. The summed E-state index contributed by atoms with van der Waals surface area (Å²) < 4.78 is 19.6. The maximum atomic E-state index is 14.7. The van der Waals surface area contributed by atoms with Gasteiger partial charge in [0.15, 0.2) is 5.69 Å². The minimum atomic E-state index is -0.560. The number of esters is 1. The number of carbonyl (C=O) groups is 2. The van der Waals surface area contributed by atoms with Gasteiger partial charge in [0.05, 0.1) is 13.2 Å². The molecule has 1 aliphatic carbocycles. The monoisotopic (exact) mass is 553 g/mol. The fourth-order valence-corrected chi connectivity index (χ4v) is 5.18. The molecule has 1 saturated carbocycles. The summed E-state index contributed by atoms with van der Waals surface area (Å²) >= 11 is 0. The van der Waals surface area contributed by atoms with Gasteiger partial charge in [-0.3, -0.25) is 4.79 Å². The molecule has 1 amide bonds. The molecule has 0 unspecified atom stereocenters. The van der Waals surface area contributed by atoms with E-state index in [1.807, 2.05) is 61.5 Å². The van der Waals surface area contributed by atoms with Crippen LogP contribution in [0.25, 0.3) is 22.0 Å². The van der Waals surface area contributed by atoms with Crippen molar-refractivity contribution < 1.29 is 18.7 Å². The molecule has 1 aliphatic rings. The first kappa shape index (κ1) is 29.5. The zero-order valence-electron chi connectivity index (χ0n) is 23.9. The Kier molecular flexibility index (Phi) is 9.91. The molecule has 0 heterocycles. The van der Waals surface area contributed by atoms with Gasteiger partial charge in [0.25, 0.3) is 0 Å². The van der Waals surface area contributed by atoms with E-state index in [4.69, 9.17) is 11.3 Å². The zero-order valence-corrected chi connectivity index (χ0v) is 23.9. The quantitative estimate of drug-likeness (QED) is 0.154. The van der Waals surface area contributed by atoms with Crippen LogP contribution in [0.4, 0.5) is 21.5 Å². The SMILES string of the molecule is [C-]#[N+]c1cc(CN(C(=O)C2CCCCC2)c2ccc(F)c(/C=C/C(=O)OCC)c2)ccc1-c1ccc(N(C)C)cc1. The van der Waals surface area contributed by atoms with E-state index in [9.17, 15) is 14.0 Å².